The molecule has 0 spiro atoms. The molecular weight excluding hydrogens is 226 g/mol. The Morgan fingerprint density at radius 3 is 2.40 bits per heavy atom. The van der Waals surface area contributed by atoms with E-state index in [4.69, 9.17) is 5.73 Å². The molecule has 3 N–H and O–H groups in total. The zero-order valence-electron chi connectivity index (χ0n) is 8.69. The lowest BCUT2D eigenvalue weighted by atomic mass is 10.0. The fourth-order valence-corrected chi connectivity index (χ4v) is 1.36. The Balaban J connectivity index is 0.00000196. The molecule has 0 heterocycles. The highest BCUT2D eigenvalue weighted by atomic mass is 35.5. The van der Waals surface area contributed by atoms with E-state index in [0.29, 0.717) is 6.42 Å². The van der Waals surface area contributed by atoms with Crippen LogP contribution in [0.1, 0.15) is 26.2 Å². The van der Waals surface area contributed by atoms with Gasteiger partial charge in [-0.05, 0) is 19.3 Å². The molecule has 1 aliphatic carbocycles. The van der Waals surface area contributed by atoms with Gasteiger partial charge in [0.25, 0.3) is 5.92 Å². The van der Waals surface area contributed by atoms with Gasteiger partial charge in [0.2, 0.25) is 5.91 Å². The van der Waals surface area contributed by atoms with Crippen molar-refractivity contribution in [2.45, 2.75) is 32.1 Å². The Bertz CT molecular complexity index is 232. The van der Waals surface area contributed by atoms with E-state index in [1.165, 1.54) is 0 Å². The number of halogens is 3. The minimum atomic E-state index is -2.99. The number of nitrogens with two attached hydrogens (primary N) is 1. The molecule has 0 aromatic carbocycles. The zero-order chi connectivity index (χ0) is 10.8. The number of hydrogen-bond acceptors (Lipinski definition) is 2. The third-order valence-corrected chi connectivity index (χ3v) is 2.82. The van der Waals surface area contributed by atoms with E-state index in [2.05, 4.69) is 5.32 Å². The van der Waals surface area contributed by atoms with Crippen LogP contribution in [-0.4, -0.2) is 24.9 Å². The lowest BCUT2D eigenvalue weighted by molar-refractivity contribution is -0.128. The molecule has 1 aliphatic rings. The van der Waals surface area contributed by atoms with Crippen LogP contribution in [0.25, 0.3) is 0 Å². The topological polar surface area (TPSA) is 55.1 Å². The summed E-state index contributed by atoms with van der Waals surface area (Å²) in [6.07, 6.45) is 2.33. The first-order valence-electron chi connectivity index (χ1n) is 4.82. The molecule has 1 amide bonds. The summed E-state index contributed by atoms with van der Waals surface area (Å²) in [5.41, 5.74) is 4.49. The largest absolute Gasteiger partial charge is 0.350 e. The first-order chi connectivity index (χ1) is 6.46. The van der Waals surface area contributed by atoms with Crippen molar-refractivity contribution in [3.63, 3.8) is 0 Å². The molecule has 0 atom stereocenters. The van der Waals surface area contributed by atoms with E-state index in [1.807, 2.05) is 6.92 Å². The second-order valence-electron chi connectivity index (χ2n) is 3.88. The minimum Gasteiger partial charge on any atom is -0.350 e. The summed E-state index contributed by atoms with van der Waals surface area (Å²) in [6.45, 7) is 0.518. The number of carbonyl (C=O) groups is 1. The van der Waals surface area contributed by atoms with E-state index < -0.39 is 19.0 Å². The van der Waals surface area contributed by atoms with Crippen molar-refractivity contribution < 1.29 is 13.6 Å². The summed E-state index contributed by atoms with van der Waals surface area (Å²) in [6, 6.07) is 0. The van der Waals surface area contributed by atoms with Gasteiger partial charge in [-0.2, -0.15) is 0 Å². The average molecular weight is 243 g/mol. The van der Waals surface area contributed by atoms with E-state index in [0.717, 1.165) is 12.8 Å². The van der Waals surface area contributed by atoms with Crippen LogP contribution in [0.15, 0.2) is 0 Å². The van der Waals surface area contributed by atoms with Crippen LogP contribution in [0, 0.1) is 5.41 Å². The first kappa shape index (κ1) is 14.6. The fraction of sp³-hybridized carbons (Fsp3) is 0.889. The molecule has 0 aromatic heterocycles. The van der Waals surface area contributed by atoms with Crippen LogP contribution in [0.5, 0.6) is 0 Å². The lowest BCUT2D eigenvalue weighted by Gasteiger charge is -2.17. The monoisotopic (exact) mass is 242 g/mol. The second-order valence-corrected chi connectivity index (χ2v) is 3.88. The van der Waals surface area contributed by atoms with Crippen LogP contribution in [0.3, 0.4) is 0 Å². The third kappa shape index (κ3) is 3.57. The predicted octanol–water partition coefficient (Wildman–Crippen LogP) is 1.31. The molecule has 0 radical (unpaired) electrons. The first-order valence-corrected chi connectivity index (χ1v) is 4.82. The smallest absolute Gasteiger partial charge is 0.277 e. The van der Waals surface area contributed by atoms with Crippen LogP contribution < -0.4 is 11.1 Å². The number of alkyl halides is 2. The number of nitrogens with one attached hydrogen (secondary N) is 1. The maximum absolute atomic E-state index is 12.7. The van der Waals surface area contributed by atoms with Gasteiger partial charge in [-0.1, -0.05) is 6.92 Å². The number of hydrogen-bond donors (Lipinski definition) is 2. The van der Waals surface area contributed by atoms with Gasteiger partial charge < -0.3 is 11.1 Å². The average Bonchev–Trinajstić information content (AvgIpc) is 2.95. The van der Waals surface area contributed by atoms with E-state index >= 15 is 0 Å². The molecule has 0 saturated heterocycles. The molecule has 6 heteroatoms. The zero-order valence-corrected chi connectivity index (χ0v) is 9.50. The van der Waals surface area contributed by atoms with Gasteiger partial charge in [0.15, 0.2) is 0 Å². The number of amides is 1. The molecule has 15 heavy (non-hydrogen) atoms. The second kappa shape index (κ2) is 5.07. The highest BCUT2D eigenvalue weighted by Gasteiger charge is 2.48. The number of carbonyl (C=O) groups excluding carboxylic acids is 1. The van der Waals surface area contributed by atoms with E-state index in [1.54, 1.807) is 0 Å². The summed E-state index contributed by atoms with van der Waals surface area (Å²) in [5.74, 6) is -3.24. The minimum absolute atomic E-state index is 0. The molecule has 0 unspecified atom stereocenters. The standard InChI is InChI=1S/C9H16F2N2O.ClH/c1-2-8(3-4-8)7(14)13-6-9(10,11)5-12;/h2-6,12H2,1H3,(H,13,14);1H. The molecule has 1 rings (SSSR count). The van der Waals surface area contributed by atoms with E-state index in [9.17, 15) is 13.6 Å². The molecule has 1 saturated carbocycles. The quantitative estimate of drug-likeness (QED) is 0.764. The Labute approximate surface area is 94.2 Å². The van der Waals surface area contributed by atoms with Crippen LogP contribution >= 0.6 is 12.4 Å². The van der Waals surface area contributed by atoms with Gasteiger partial charge in [-0.3, -0.25) is 4.79 Å². The molecule has 3 nitrogen and oxygen atoms in total. The predicted molar refractivity (Wildman–Crippen MR) is 56.2 cm³/mol. The molecule has 0 aromatic rings. The summed E-state index contributed by atoms with van der Waals surface area (Å²) in [4.78, 5) is 11.4. The molecule has 90 valence electrons. The highest BCUT2D eigenvalue weighted by Crippen LogP contribution is 2.48. The van der Waals surface area contributed by atoms with Gasteiger partial charge in [0, 0.05) is 5.41 Å². The Morgan fingerprint density at radius 2 is 2.07 bits per heavy atom. The van der Waals surface area contributed by atoms with Crippen molar-refractivity contribution in [3.05, 3.63) is 0 Å². The summed E-state index contributed by atoms with van der Waals surface area (Å²) in [7, 11) is 0. The van der Waals surface area contributed by atoms with Gasteiger partial charge in [0.05, 0.1) is 13.1 Å². The molecule has 1 fully saturated rings. The van der Waals surface area contributed by atoms with Crippen molar-refractivity contribution >= 4 is 18.3 Å². The van der Waals surface area contributed by atoms with Crippen molar-refractivity contribution in [3.8, 4) is 0 Å². The fourth-order valence-electron chi connectivity index (χ4n) is 1.36. The van der Waals surface area contributed by atoms with Crippen molar-refractivity contribution in [2.24, 2.45) is 11.1 Å². The lowest BCUT2D eigenvalue weighted by Crippen LogP contribution is -2.43. The Morgan fingerprint density at radius 1 is 1.53 bits per heavy atom. The van der Waals surface area contributed by atoms with Crippen molar-refractivity contribution in [1.82, 2.24) is 5.32 Å². The van der Waals surface area contributed by atoms with E-state index in [-0.39, 0.29) is 23.7 Å². The molecule has 0 aliphatic heterocycles. The Kier molecular flexibility index (Phi) is 4.93. The van der Waals surface area contributed by atoms with Crippen LogP contribution in [0.2, 0.25) is 0 Å². The Hall–Kier alpha value is -0.420. The summed E-state index contributed by atoms with van der Waals surface area (Å²) < 4.78 is 25.4. The van der Waals surface area contributed by atoms with Gasteiger partial charge in [-0.25, -0.2) is 8.78 Å². The van der Waals surface area contributed by atoms with Gasteiger partial charge >= 0.3 is 0 Å². The third-order valence-electron chi connectivity index (χ3n) is 2.82. The SMILES string of the molecule is CCC1(C(=O)NCC(F)(F)CN)CC1.Cl. The maximum atomic E-state index is 12.7. The molecular formula is C9H17ClF2N2O. The summed E-state index contributed by atoms with van der Waals surface area (Å²) >= 11 is 0. The molecule has 0 bridgehead atoms. The summed E-state index contributed by atoms with van der Waals surface area (Å²) in [5, 5.41) is 2.26. The van der Waals surface area contributed by atoms with Crippen molar-refractivity contribution in [2.75, 3.05) is 13.1 Å². The number of rotatable bonds is 5. The van der Waals surface area contributed by atoms with Gasteiger partial charge in [0.1, 0.15) is 0 Å². The van der Waals surface area contributed by atoms with Crippen LogP contribution in [-0.2, 0) is 4.79 Å². The van der Waals surface area contributed by atoms with Gasteiger partial charge in [-0.15, -0.1) is 12.4 Å². The normalized spacial score (nSPS) is 17.9. The van der Waals surface area contributed by atoms with Crippen molar-refractivity contribution in [1.29, 1.82) is 0 Å². The highest BCUT2D eigenvalue weighted by molar-refractivity contribution is 5.85. The maximum Gasteiger partial charge on any atom is 0.277 e. The van der Waals surface area contributed by atoms with Crippen LogP contribution in [0.4, 0.5) is 8.78 Å².